The van der Waals surface area contributed by atoms with Gasteiger partial charge in [-0.15, -0.1) is 0 Å². The quantitative estimate of drug-likeness (QED) is 0.614. The van der Waals surface area contributed by atoms with Crippen LogP contribution in [-0.2, 0) is 0 Å². The molecule has 1 aromatic heterocycles. The van der Waals surface area contributed by atoms with Crippen molar-refractivity contribution in [1.29, 1.82) is 0 Å². The Bertz CT molecular complexity index is 728. The normalized spacial score (nSPS) is 11.0. The first-order valence-corrected chi connectivity index (χ1v) is 7.58. The molecule has 2 N–H and O–H groups in total. The summed E-state index contributed by atoms with van der Waals surface area (Å²) in [7, 11) is 0. The van der Waals surface area contributed by atoms with E-state index in [0.29, 0.717) is 18.0 Å². The highest BCUT2D eigenvalue weighted by Gasteiger charge is 2.26. The summed E-state index contributed by atoms with van der Waals surface area (Å²) in [5, 5.41) is 17.6. The fraction of sp³-hybridized carbons (Fsp3) is 0.375. The van der Waals surface area contributed by atoms with Gasteiger partial charge in [-0.25, -0.2) is 9.97 Å². The van der Waals surface area contributed by atoms with E-state index in [1.807, 2.05) is 39.8 Å². The highest BCUT2D eigenvalue weighted by molar-refractivity contribution is 5.76. The van der Waals surface area contributed by atoms with E-state index in [9.17, 15) is 10.1 Å². The molecule has 0 amide bonds. The van der Waals surface area contributed by atoms with Crippen LogP contribution in [0.1, 0.15) is 27.7 Å². The van der Waals surface area contributed by atoms with Crippen molar-refractivity contribution >= 4 is 23.0 Å². The van der Waals surface area contributed by atoms with E-state index in [2.05, 4.69) is 20.6 Å². The average Bonchev–Trinajstić information content (AvgIpc) is 2.47. The van der Waals surface area contributed by atoms with E-state index >= 15 is 0 Å². The largest absolute Gasteiger partial charge is 0.492 e. The van der Waals surface area contributed by atoms with Crippen LogP contribution >= 0.6 is 0 Å². The highest BCUT2D eigenvalue weighted by Crippen LogP contribution is 2.35. The molecule has 0 unspecified atom stereocenters. The van der Waals surface area contributed by atoms with Crippen LogP contribution in [0.2, 0.25) is 0 Å². The van der Waals surface area contributed by atoms with Gasteiger partial charge in [-0.2, -0.15) is 0 Å². The summed E-state index contributed by atoms with van der Waals surface area (Å²) in [5.41, 5.74) is 0.0150. The maximum Gasteiger partial charge on any atom is 0.353 e. The minimum absolute atomic E-state index is 0.105. The number of aromatic nitrogens is 2. The standard InChI is InChI=1S/C16H21N5O3/c1-5-24-12-9-7-6-8-11(12)19-14-13(21(22)23)15(18-10-17-14)20-16(2,3)4/h6-10H,5H2,1-4H3,(H2,17,18,19,20). The number of hydrogen-bond acceptors (Lipinski definition) is 7. The molecule has 128 valence electrons. The van der Waals surface area contributed by atoms with Gasteiger partial charge in [0, 0.05) is 5.54 Å². The summed E-state index contributed by atoms with van der Waals surface area (Å²) >= 11 is 0. The van der Waals surface area contributed by atoms with E-state index in [4.69, 9.17) is 4.74 Å². The Morgan fingerprint density at radius 2 is 1.88 bits per heavy atom. The SMILES string of the molecule is CCOc1ccccc1Nc1ncnc(NC(C)(C)C)c1[N+](=O)[O-]. The molecule has 0 aliphatic rings. The van der Waals surface area contributed by atoms with Crippen LogP contribution in [0, 0.1) is 10.1 Å². The van der Waals surface area contributed by atoms with Crippen molar-refractivity contribution in [2.45, 2.75) is 33.2 Å². The van der Waals surface area contributed by atoms with Gasteiger partial charge in [-0.3, -0.25) is 10.1 Å². The van der Waals surface area contributed by atoms with Crippen molar-refractivity contribution in [3.8, 4) is 5.75 Å². The summed E-state index contributed by atoms with van der Waals surface area (Å²) < 4.78 is 5.53. The number of anilines is 3. The molecule has 0 aliphatic heterocycles. The zero-order valence-electron chi connectivity index (χ0n) is 14.2. The molecule has 8 nitrogen and oxygen atoms in total. The summed E-state index contributed by atoms with van der Waals surface area (Å²) in [4.78, 5) is 19.1. The van der Waals surface area contributed by atoms with Crippen LogP contribution in [0.4, 0.5) is 23.0 Å². The Morgan fingerprint density at radius 3 is 2.50 bits per heavy atom. The van der Waals surface area contributed by atoms with Crippen molar-refractivity contribution in [2.24, 2.45) is 0 Å². The molecule has 0 saturated heterocycles. The Hall–Kier alpha value is -2.90. The second-order valence-corrected chi connectivity index (χ2v) is 6.11. The lowest BCUT2D eigenvalue weighted by Gasteiger charge is -2.21. The van der Waals surface area contributed by atoms with Gasteiger partial charge < -0.3 is 15.4 Å². The van der Waals surface area contributed by atoms with Crippen molar-refractivity contribution < 1.29 is 9.66 Å². The van der Waals surface area contributed by atoms with Gasteiger partial charge in [0.1, 0.15) is 12.1 Å². The van der Waals surface area contributed by atoms with Crippen LogP contribution in [0.15, 0.2) is 30.6 Å². The zero-order valence-corrected chi connectivity index (χ0v) is 14.2. The van der Waals surface area contributed by atoms with Crippen LogP contribution < -0.4 is 15.4 Å². The Labute approximate surface area is 140 Å². The van der Waals surface area contributed by atoms with Crippen LogP contribution in [0.5, 0.6) is 5.75 Å². The molecular formula is C16H21N5O3. The van der Waals surface area contributed by atoms with E-state index in [1.54, 1.807) is 12.1 Å². The number of nitro groups is 1. The van der Waals surface area contributed by atoms with Crippen molar-refractivity contribution in [2.75, 3.05) is 17.2 Å². The molecule has 1 aromatic carbocycles. The second kappa shape index (κ2) is 7.12. The third-order valence-corrected chi connectivity index (χ3v) is 2.94. The molecular weight excluding hydrogens is 310 g/mol. The van der Waals surface area contributed by atoms with Crippen molar-refractivity contribution in [3.63, 3.8) is 0 Å². The Balaban J connectivity index is 2.44. The average molecular weight is 331 g/mol. The van der Waals surface area contributed by atoms with Gasteiger partial charge in [-0.05, 0) is 39.8 Å². The molecule has 2 rings (SSSR count). The molecule has 0 aliphatic carbocycles. The molecule has 0 spiro atoms. The smallest absolute Gasteiger partial charge is 0.353 e. The predicted octanol–water partition coefficient (Wildman–Crippen LogP) is 3.74. The topological polar surface area (TPSA) is 102 Å². The summed E-state index contributed by atoms with van der Waals surface area (Å²) in [6.45, 7) is 8.06. The second-order valence-electron chi connectivity index (χ2n) is 6.11. The maximum absolute atomic E-state index is 11.5. The van der Waals surface area contributed by atoms with Crippen LogP contribution in [-0.4, -0.2) is 27.0 Å². The monoisotopic (exact) mass is 331 g/mol. The number of nitrogens with zero attached hydrogens (tertiary/aromatic N) is 3. The Kier molecular flexibility index (Phi) is 5.18. The molecule has 8 heteroatoms. The fourth-order valence-electron chi connectivity index (χ4n) is 2.07. The number of para-hydroxylation sites is 2. The molecule has 24 heavy (non-hydrogen) atoms. The minimum Gasteiger partial charge on any atom is -0.492 e. The molecule has 0 atom stereocenters. The molecule has 0 fully saturated rings. The van der Waals surface area contributed by atoms with Crippen molar-refractivity contribution in [1.82, 2.24) is 9.97 Å². The highest BCUT2D eigenvalue weighted by atomic mass is 16.6. The first kappa shape index (κ1) is 17.5. The summed E-state index contributed by atoms with van der Waals surface area (Å²) in [6.07, 6.45) is 1.28. The first-order valence-electron chi connectivity index (χ1n) is 7.58. The van der Waals surface area contributed by atoms with E-state index in [0.717, 1.165) is 0 Å². The van der Waals surface area contributed by atoms with Gasteiger partial charge >= 0.3 is 5.69 Å². The van der Waals surface area contributed by atoms with Gasteiger partial charge in [0.05, 0.1) is 17.2 Å². The third-order valence-electron chi connectivity index (χ3n) is 2.94. The lowest BCUT2D eigenvalue weighted by molar-refractivity contribution is -0.383. The zero-order chi connectivity index (χ0) is 17.7. The number of rotatable bonds is 6. The fourth-order valence-corrected chi connectivity index (χ4v) is 2.07. The van der Waals surface area contributed by atoms with E-state index in [-0.39, 0.29) is 22.9 Å². The van der Waals surface area contributed by atoms with Gasteiger partial charge in [0.15, 0.2) is 0 Å². The number of benzene rings is 1. The molecule has 1 heterocycles. The third kappa shape index (κ3) is 4.31. The molecule has 0 saturated carbocycles. The van der Waals surface area contributed by atoms with E-state index in [1.165, 1.54) is 6.33 Å². The van der Waals surface area contributed by atoms with Crippen LogP contribution in [0.25, 0.3) is 0 Å². The van der Waals surface area contributed by atoms with Gasteiger partial charge in [0.25, 0.3) is 0 Å². The van der Waals surface area contributed by atoms with Crippen molar-refractivity contribution in [3.05, 3.63) is 40.7 Å². The molecule has 2 aromatic rings. The summed E-state index contributed by atoms with van der Waals surface area (Å²) in [6, 6.07) is 7.20. The number of ether oxygens (including phenoxy) is 1. The lowest BCUT2D eigenvalue weighted by atomic mass is 10.1. The van der Waals surface area contributed by atoms with Gasteiger partial charge in [0.2, 0.25) is 11.6 Å². The first-order chi connectivity index (χ1) is 11.3. The number of nitrogens with one attached hydrogen (secondary N) is 2. The lowest BCUT2D eigenvalue weighted by Crippen LogP contribution is -2.27. The van der Waals surface area contributed by atoms with Gasteiger partial charge in [-0.1, -0.05) is 12.1 Å². The minimum atomic E-state index is -0.500. The summed E-state index contributed by atoms with van der Waals surface area (Å²) in [5.74, 6) is 0.867. The predicted molar refractivity (Wildman–Crippen MR) is 93.0 cm³/mol. The molecule has 0 radical (unpaired) electrons. The van der Waals surface area contributed by atoms with E-state index < -0.39 is 4.92 Å². The van der Waals surface area contributed by atoms with Crippen LogP contribution in [0.3, 0.4) is 0 Å². The Morgan fingerprint density at radius 1 is 1.21 bits per heavy atom. The number of hydrogen-bond donors (Lipinski definition) is 2. The molecule has 0 bridgehead atoms. The maximum atomic E-state index is 11.5.